The minimum atomic E-state index is -1.30. The quantitative estimate of drug-likeness (QED) is 0.207. The number of fused-ring (bicyclic) bond motifs is 4. The number of benzene rings is 2. The first-order valence-corrected chi connectivity index (χ1v) is 16.5. The van der Waals surface area contributed by atoms with Crippen molar-refractivity contribution < 1.29 is 37.8 Å². The summed E-state index contributed by atoms with van der Waals surface area (Å²) in [5, 5.41) is 19.8. The Morgan fingerprint density at radius 3 is 2.55 bits per heavy atom. The summed E-state index contributed by atoms with van der Waals surface area (Å²) in [5.74, 6) is -1.19. The van der Waals surface area contributed by atoms with Gasteiger partial charge in [-0.25, -0.2) is 14.8 Å². The molecule has 2 amide bonds. The Morgan fingerprint density at radius 2 is 1.82 bits per heavy atom. The summed E-state index contributed by atoms with van der Waals surface area (Å²) >= 11 is 0. The molecule has 49 heavy (non-hydrogen) atoms. The Kier molecular flexibility index (Phi) is 7.97. The molecule has 3 unspecified atom stereocenters. The number of esters is 1. The number of amides is 2. The topological polar surface area (TPSA) is 178 Å². The number of anilines is 1. The largest absolute Gasteiger partial charge is 0.469 e. The summed E-state index contributed by atoms with van der Waals surface area (Å²) in [6.45, 7) is 10.8. The number of hydrogen-bond acceptors (Lipinski definition) is 11. The third-order valence-electron chi connectivity index (χ3n) is 9.21. The number of para-hydroxylation sites is 1. The summed E-state index contributed by atoms with van der Waals surface area (Å²) in [7, 11) is 0. The van der Waals surface area contributed by atoms with Crippen molar-refractivity contribution in [2.45, 2.75) is 83.9 Å². The van der Waals surface area contributed by atoms with E-state index in [1.807, 2.05) is 56.3 Å². The van der Waals surface area contributed by atoms with Gasteiger partial charge in [-0.3, -0.25) is 9.59 Å². The maximum absolute atomic E-state index is 14.0. The van der Waals surface area contributed by atoms with Crippen LogP contribution in [-0.2, 0) is 26.2 Å². The molecule has 0 aliphatic carbocycles. The van der Waals surface area contributed by atoms with Crippen LogP contribution in [0.4, 0.5) is 5.69 Å². The van der Waals surface area contributed by atoms with Crippen molar-refractivity contribution in [3.05, 3.63) is 82.8 Å². The highest BCUT2D eigenvalue weighted by atomic mass is 16.5. The van der Waals surface area contributed by atoms with E-state index in [1.165, 1.54) is 6.26 Å². The van der Waals surface area contributed by atoms with E-state index in [0.717, 1.165) is 22.4 Å². The Morgan fingerprint density at radius 1 is 1.04 bits per heavy atom. The molecule has 3 aliphatic rings. The minimum Gasteiger partial charge on any atom is -0.469 e. The fourth-order valence-electron chi connectivity index (χ4n) is 6.76. The van der Waals surface area contributed by atoms with E-state index < -0.39 is 47.6 Å². The van der Waals surface area contributed by atoms with Crippen molar-refractivity contribution in [2.24, 2.45) is 11.8 Å². The van der Waals surface area contributed by atoms with Crippen molar-refractivity contribution in [3.8, 4) is 17.3 Å². The monoisotopic (exact) mass is 669 g/mol. The lowest BCUT2D eigenvalue weighted by molar-refractivity contribution is -0.135. The smallest absolute Gasteiger partial charge is 0.360 e. The highest BCUT2D eigenvalue weighted by molar-refractivity contribution is 5.90. The molecule has 4 N–H and O–H groups in total. The number of aliphatic hydroxyl groups is 1. The molecule has 4 aromatic rings. The number of nitrogens with zero attached hydrogens (tertiary/aromatic N) is 2. The molecular weight excluding hydrogens is 630 g/mol. The van der Waals surface area contributed by atoms with Gasteiger partial charge < -0.3 is 39.4 Å². The number of aliphatic hydroxyl groups excluding tert-OH is 1. The maximum atomic E-state index is 14.0. The Labute approximate surface area is 282 Å². The third kappa shape index (κ3) is 5.32. The predicted octanol–water partition coefficient (Wildman–Crippen LogP) is 4.24. The number of nitrogens with one attached hydrogen (secondary N) is 3. The molecule has 2 aromatic carbocycles. The summed E-state index contributed by atoms with van der Waals surface area (Å²) < 4.78 is 24.6. The number of carbonyl (C=O) groups is 3. The molecule has 1 spiro atoms. The number of oxazole rings is 2. The molecule has 3 aliphatic heterocycles. The van der Waals surface area contributed by atoms with Gasteiger partial charge in [0.2, 0.25) is 23.6 Å². The molecule has 5 atom stereocenters. The second-order valence-electron chi connectivity index (χ2n) is 13.7. The minimum absolute atomic E-state index is 0.0272. The zero-order chi connectivity index (χ0) is 34.8. The van der Waals surface area contributed by atoms with Gasteiger partial charge in [-0.15, -0.1) is 0 Å². The molecule has 4 bridgehead atoms. The second kappa shape index (κ2) is 12.1. The van der Waals surface area contributed by atoms with Crippen molar-refractivity contribution in [3.63, 3.8) is 0 Å². The van der Waals surface area contributed by atoms with Crippen LogP contribution in [0.1, 0.15) is 86.4 Å². The van der Waals surface area contributed by atoms with Crippen LogP contribution in [0.5, 0.6) is 5.75 Å². The molecule has 7 rings (SSSR count). The van der Waals surface area contributed by atoms with E-state index in [9.17, 15) is 19.5 Å². The summed E-state index contributed by atoms with van der Waals surface area (Å²) in [5.41, 5.74) is 2.27. The van der Waals surface area contributed by atoms with Gasteiger partial charge in [0.15, 0.2) is 23.4 Å². The van der Waals surface area contributed by atoms with Gasteiger partial charge in [0.05, 0.1) is 6.10 Å². The van der Waals surface area contributed by atoms with Crippen molar-refractivity contribution in [1.29, 1.82) is 0 Å². The average Bonchev–Trinajstić information content (AvgIpc) is 3.83. The van der Waals surface area contributed by atoms with Gasteiger partial charge in [0, 0.05) is 17.7 Å². The lowest BCUT2D eigenvalue weighted by Gasteiger charge is -2.29. The predicted molar refractivity (Wildman–Crippen MR) is 176 cm³/mol. The number of rotatable bonds is 7. The van der Waals surface area contributed by atoms with Crippen LogP contribution in [0.15, 0.2) is 57.6 Å². The molecule has 256 valence electrons. The van der Waals surface area contributed by atoms with Crippen LogP contribution >= 0.6 is 0 Å². The first-order valence-electron chi connectivity index (χ1n) is 16.5. The average molecular weight is 670 g/mol. The molecular formula is C36H39N5O8. The number of ether oxygens (including phenoxy) is 2. The van der Waals surface area contributed by atoms with Crippen LogP contribution < -0.4 is 20.7 Å². The van der Waals surface area contributed by atoms with Gasteiger partial charge in [-0.05, 0) is 48.9 Å². The summed E-state index contributed by atoms with van der Waals surface area (Å²) in [6.07, 6.45) is -0.969. The summed E-state index contributed by atoms with van der Waals surface area (Å²) in [4.78, 5) is 49.3. The molecule has 0 saturated heterocycles. The van der Waals surface area contributed by atoms with E-state index in [1.54, 1.807) is 27.7 Å². The first kappa shape index (κ1) is 32.4. The SMILES string of the molecule is CC(C)OC(=O)c1coc(-c2nc3oc2C24c5ccccc5NC2Oc2ccc(cc24)CC(NC(=O)[C@@H](O)C(C)C)C(=O)N[C@H]3C(C)C)n1. The van der Waals surface area contributed by atoms with Gasteiger partial charge in [-0.1, -0.05) is 58.0 Å². The molecule has 5 heterocycles. The number of carbonyl (C=O) groups excluding carboxylic acids is 3. The van der Waals surface area contributed by atoms with E-state index in [0.29, 0.717) is 11.5 Å². The number of aromatic nitrogens is 2. The van der Waals surface area contributed by atoms with Crippen molar-refractivity contribution in [1.82, 2.24) is 20.6 Å². The van der Waals surface area contributed by atoms with E-state index >= 15 is 0 Å². The van der Waals surface area contributed by atoms with Crippen LogP contribution in [0.25, 0.3) is 11.6 Å². The van der Waals surface area contributed by atoms with Crippen molar-refractivity contribution >= 4 is 23.5 Å². The highest BCUT2D eigenvalue weighted by Crippen LogP contribution is 2.59. The van der Waals surface area contributed by atoms with Gasteiger partial charge in [-0.2, -0.15) is 0 Å². The Balaban J connectivity index is 1.46. The molecule has 13 nitrogen and oxygen atoms in total. The van der Waals surface area contributed by atoms with E-state index in [4.69, 9.17) is 23.3 Å². The zero-order valence-corrected chi connectivity index (χ0v) is 28.1. The molecule has 0 radical (unpaired) electrons. The maximum Gasteiger partial charge on any atom is 0.360 e. The molecule has 2 aromatic heterocycles. The van der Waals surface area contributed by atoms with Crippen molar-refractivity contribution in [2.75, 3.05) is 5.32 Å². The molecule has 13 heteroatoms. The lowest BCUT2D eigenvalue weighted by Crippen LogP contribution is -2.52. The molecule has 0 fully saturated rings. The first-order chi connectivity index (χ1) is 23.4. The third-order valence-corrected chi connectivity index (χ3v) is 9.21. The van der Waals surface area contributed by atoms with Gasteiger partial charge in [0.1, 0.15) is 35.6 Å². The Bertz CT molecular complexity index is 1950. The van der Waals surface area contributed by atoms with Gasteiger partial charge in [0.25, 0.3) is 0 Å². The van der Waals surface area contributed by atoms with E-state index in [2.05, 4.69) is 20.9 Å². The normalized spacial score (nSPS) is 22.7. The van der Waals surface area contributed by atoms with Crippen LogP contribution in [0.2, 0.25) is 0 Å². The fourth-order valence-corrected chi connectivity index (χ4v) is 6.76. The zero-order valence-electron chi connectivity index (χ0n) is 28.1. The summed E-state index contributed by atoms with van der Waals surface area (Å²) in [6, 6.07) is 11.6. The molecule has 0 saturated carbocycles. The highest BCUT2D eigenvalue weighted by Gasteiger charge is 2.61. The number of hydrogen-bond donors (Lipinski definition) is 4. The fraction of sp³-hybridized carbons (Fsp3) is 0.417. The second-order valence-corrected chi connectivity index (χ2v) is 13.7. The van der Waals surface area contributed by atoms with Crippen LogP contribution in [0.3, 0.4) is 0 Å². The van der Waals surface area contributed by atoms with Gasteiger partial charge >= 0.3 is 5.97 Å². The van der Waals surface area contributed by atoms with E-state index in [-0.39, 0.29) is 47.5 Å². The standard InChI is InChI=1S/C36H39N5O8/c1-16(2)26-33-41-27(32-38-24(15-46-32)34(45)47-18(5)6)29(49-33)36-20-9-7-8-10-22(20)39-35(36)48-25-12-11-19(13-21(25)36)14-23(30(43)40-26)37-31(44)28(42)17(3)4/h7-13,15-18,23,26,28,35,39,42H,14H2,1-6H3,(H,37,44)(H,40,43)/t23?,26-,28-,35?,36?/m0/s1. The van der Waals surface area contributed by atoms with Crippen LogP contribution in [0, 0.1) is 11.8 Å². The van der Waals surface area contributed by atoms with Crippen LogP contribution in [-0.4, -0.2) is 57.3 Å². The Hall–Kier alpha value is -5.17. The lowest BCUT2D eigenvalue weighted by atomic mass is 9.72.